The van der Waals surface area contributed by atoms with Crippen molar-refractivity contribution >= 4 is 130 Å². The third-order valence-electron chi connectivity index (χ3n) is 4.63. The molecular formula is C41H134Cl2Li4O12Si14. The van der Waals surface area contributed by atoms with Gasteiger partial charge in [-0.25, -0.2) is 0 Å². The van der Waals surface area contributed by atoms with E-state index in [1.165, 1.54) is 0 Å². The van der Waals surface area contributed by atoms with Crippen molar-refractivity contribution in [2.75, 3.05) is 0 Å². The van der Waals surface area contributed by atoms with Crippen LogP contribution in [0.2, 0.25) is 210 Å². The third kappa shape index (κ3) is 129. The largest absolute Gasteiger partial charge is 1.00 e. The Bertz CT molecular complexity index is 1020. The van der Waals surface area contributed by atoms with E-state index in [1.54, 1.807) is 45.8 Å². The molecule has 1 rings (SSSR count). The number of hydrogen-bond donors (Lipinski definition) is 0. The average molecular weight is 1310 g/mol. The molecule has 73 heavy (non-hydrogen) atoms. The van der Waals surface area contributed by atoms with Gasteiger partial charge in [-0.1, -0.05) is 134 Å². The Morgan fingerprint density at radius 3 is 0.603 bits per heavy atom. The van der Waals surface area contributed by atoms with E-state index in [0.29, 0.717) is 0 Å². The van der Waals surface area contributed by atoms with Crippen LogP contribution in [-0.2, 0) is 37.0 Å². The van der Waals surface area contributed by atoms with Crippen molar-refractivity contribution in [3.63, 3.8) is 0 Å². The van der Waals surface area contributed by atoms with Gasteiger partial charge < -0.3 is 63.8 Å². The Hall–Kier alpha value is 5.53. The van der Waals surface area contributed by atoms with Gasteiger partial charge in [0, 0.05) is 0 Å². The van der Waals surface area contributed by atoms with Crippen LogP contribution in [0, 0.1) is 0 Å². The van der Waals surface area contributed by atoms with E-state index >= 15 is 0 Å². The summed E-state index contributed by atoms with van der Waals surface area (Å²) >= 11 is 5.41. The van der Waals surface area contributed by atoms with Gasteiger partial charge in [-0.05, 0) is 151 Å². The van der Waals surface area contributed by atoms with Crippen LogP contribution in [0.3, 0.4) is 0 Å². The van der Waals surface area contributed by atoms with Crippen LogP contribution < -0.4 is 102 Å². The molecule has 0 radical (unpaired) electrons. The minimum absolute atomic E-state index is 0. The first-order valence-corrected chi connectivity index (χ1v) is 63.8. The molecule has 0 spiro atoms. The molecule has 1 aliphatic rings. The molecule has 1 aliphatic heterocycles. The minimum Gasteiger partial charge on any atom is -1.00 e. The van der Waals surface area contributed by atoms with E-state index < -0.39 is 119 Å². The molecule has 0 N–H and O–H groups in total. The molecule has 0 amide bonds. The standard InChI is InChI=1S/2C7H21O3Si3.C7H22O2Si3.C6H18O3Si3.C3H9OSi.C2H7ClSi.9CH4.ClH.4Li/c2*1-11(2,3)9-13(6,7)10-12(4,5)8;1-10(2)8-12(6,7)9-11(3,4)5;1-10(2)7-11(3,4)9-12(5,6)8-10;1-5(2,3)4;1-4(2)3;;;;;;;;;;;;;;/h2*1-7H3;10H,1-7H3;1-6H3;1-3H3;4H,1-2H3;9*1H4;1H;;;;/q2*-1;;;-1;;;;;;;;;;;;4*+1/p-1. The van der Waals surface area contributed by atoms with Crippen LogP contribution in [-0.4, -0.2) is 119 Å². The van der Waals surface area contributed by atoms with Crippen LogP contribution in [0.15, 0.2) is 0 Å². The number of rotatable bonds is 12. The molecule has 0 aromatic carbocycles. The Morgan fingerprint density at radius 1 is 0.356 bits per heavy atom. The van der Waals surface area contributed by atoms with Crippen LogP contribution >= 0.6 is 11.1 Å². The zero-order valence-corrected chi connectivity index (χ0v) is 64.6. The van der Waals surface area contributed by atoms with Gasteiger partial charge in [-0.3, -0.25) is 0 Å². The van der Waals surface area contributed by atoms with Gasteiger partial charge >= 0.3 is 127 Å². The van der Waals surface area contributed by atoms with Crippen molar-refractivity contribution in [2.45, 2.75) is 276 Å². The van der Waals surface area contributed by atoms with E-state index in [-0.39, 0.29) is 155 Å². The summed E-state index contributed by atoms with van der Waals surface area (Å²) in [7, 11) is -25.1. The second kappa shape index (κ2) is 53.0. The molecule has 0 bridgehead atoms. The Kier molecular flexibility index (Phi) is 96.8. The normalized spacial score (nSPS) is 14.1. The van der Waals surface area contributed by atoms with Crippen molar-refractivity contribution in [1.29, 1.82) is 0 Å². The van der Waals surface area contributed by atoms with Crippen molar-refractivity contribution in [2.24, 2.45) is 0 Å². The van der Waals surface area contributed by atoms with Crippen molar-refractivity contribution in [1.82, 2.24) is 0 Å². The Labute approximate surface area is 539 Å². The minimum atomic E-state index is -2.68. The Balaban J connectivity index is -0.0000000279. The number of hydrogen-bond acceptors (Lipinski definition) is 12. The second-order valence-corrected chi connectivity index (χ2v) is 76.2. The Morgan fingerprint density at radius 2 is 0.493 bits per heavy atom. The van der Waals surface area contributed by atoms with Crippen LogP contribution in [0.1, 0.15) is 66.8 Å². The molecular weight excluding hydrogens is 1180 g/mol. The van der Waals surface area contributed by atoms with Gasteiger partial charge in [0.05, 0.1) is 17.1 Å². The van der Waals surface area contributed by atoms with Gasteiger partial charge in [-0.15, -0.1) is 0 Å². The average Bonchev–Trinajstić information content (AvgIpc) is 2.64. The maximum absolute atomic E-state index is 11.5. The third-order valence-corrected chi connectivity index (χ3v) is 41.7. The summed E-state index contributed by atoms with van der Waals surface area (Å²) in [5, 5.41) is 0. The topological polar surface area (TPSA) is 152 Å². The zero-order chi connectivity index (χ0) is 49.5. The fourth-order valence-electron chi connectivity index (χ4n) is 5.87. The summed E-state index contributed by atoms with van der Waals surface area (Å²) in [6.45, 7) is 64.5. The van der Waals surface area contributed by atoms with E-state index in [0.717, 1.165) is 0 Å². The fourth-order valence-corrected chi connectivity index (χ4v) is 55.1. The summed E-state index contributed by atoms with van der Waals surface area (Å²) in [6, 6.07) is 0. The van der Waals surface area contributed by atoms with Crippen molar-refractivity contribution in [3.05, 3.63) is 0 Å². The van der Waals surface area contributed by atoms with Crippen molar-refractivity contribution in [3.8, 4) is 0 Å². The first-order chi connectivity index (χ1) is 24.8. The first-order valence-electron chi connectivity index (χ1n) is 20.8. The smallest absolute Gasteiger partial charge is 1.00 e. The maximum atomic E-state index is 11.5. The molecule has 0 saturated carbocycles. The molecule has 1 heterocycles. The molecule has 1 saturated heterocycles. The van der Waals surface area contributed by atoms with Crippen LogP contribution in [0.5, 0.6) is 0 Å². The van der Waals surface area contributed by atoms with Crippen LogP contribution in [0.4, 0.5) is 0 Å². The van der Waals surface area contributed by atoms with Crippen molar-refractivity contribution < 1.29 is 139 Å². The molecule has 0 aromatic heterocycles. The maximum Gasteiger partial charge on any atom is 1.00 e. The molecule has 0 aromatic rings. The quantitative estimate of drug-likeness (QED) is 0.192. The van der Waals surface area contributed by atoms with E-state index in [2.05, 4.69) is 137 Å². The molecule has 0 unspecified atom stereocenters. The molecule has 0 aliphatic carbocycles. The first kappa shape index (κ1) is 133. The fraction of sp³-hybridized carbons (Fsp3) is 1.00. The summed E-state index contributed by atoms with van der Waals surface area (Å²) in [5.74, 6) is 0. The SMILES string of the molecule is C.C.C.C.C.C.C.C.C.C[SiH](C)Cl.C[SiH](C)O[Si](C)(C)O[Si](C)(C)C.C[Si](C)(C)O[Si](C)(C)O[Si](C)(C)[O-].C[Si](C)(C)O[Si](C)(C)O[Si](C)(C)[O-].C[Si](C)(C)[O-].C[Si]1(C)O[Si](C)(C)O[Si](C)(C)O1.[Cl-].[Li+].[Li+].[Li+].[Li+]. The summed E-state index contributed by atoms with van der Waals surface area (Å²) in [5.41, 5.74) is 0. The molecule has 12 nitrogen and oxygen atoms in total. The molecule has 0 atom stereocenters. The summed E-state index contributed by atoms with van der Waals surface area (Å²) in [4.78, 5) is 33.2. The summed E-state index contributed by atoms with van der Waals surface area (Å²) < 4.78 is 52.4. The van der Waals surface area contributed by atoms with Gasteiger partial charge in [0.15, 0.2) is 34.0 Å². The monoisotopic (exact) mass is 1310 g/mol. The molecule has 444 valence electrons. The number of halogens is 2. The summed E-state index contributed by atoms with van der Waals surface area (Å²) in [6.07, 6.45) is 0. The van der Waals surface area contributed by atoms with Gasteiger partial charge in [0.1, 0.15) is 8.11 Å². The predicted molar refractivity (Wildman–Crippen MR) is 347 cm³/mol. The van der Waals surface area contributed by atoms with E-state index in [9.17, 15) is 14.4 Å². The van der Waals surface area contributed by atoms with E-state index in [4.69, 9.17) is 48.1 Å². The van der Waals surface area contributed by atoms with E-state index in [1.807, 2.05) is 26.2 Å². The van der Waals surface area contributed by atoms with Gasteiger partial charge in [-0.2, -0.15) is 11.1 Å². The predicted octanol–water partition coefficient (Wildman–Crippen LogP) is 0.0668. The molecule has 1 fully saturated rings. The van der Waals surface area contributed by atoms with Gasteiger partial charge in [0.2, 0.25) is 0 Å². The molecule has 32 heteroatoms. The second-order valence-electron chi connectivity index (χ2n) is 22.6. The van der Waals surface area contributed by atoms with Gasteiger partial charge in [0.25, 0.3) is 0 Å². The van der Waals surface area contributed by atoms with Crippen LogP contribution in [0.25, 0.3) is 0 Å². The zero-order valence-electron chi connectivity index (χ0n) is 48.8.